The Labute approximate surface area is 209 Å². The summed E-state index contributed by atoms with van der Waals surface area (Å²) in [4.78, 5) is 2.47. The molecule has 0 fully saturated rings. The number of allylic oxidation sites excluding steroid dienone is 8. The van der Waals surface area contributed by atoms with Crippen LogP contribution in [0.5, 0.6) is 0 Å². The topological polar surface area (TPSA) is 3.24 Å². The quantitative estimate of drug-likeness (QED) is 0.378. The van der Waals surface area contributed by atoms with Gasteiger partial charge in [-0.05, 0) is 96.3 Å². The molecule has 0 spiro atoms. The molecule has 1 heteroatoms. The zero-order valence-corrected chi connectivity index (χ0v) is 21.0. The van der Waals surface area contributed by atoms with E-state index >= 15 is 0 Å². The van der Waals surface area contributed by atoms with E-state index in [0.717, 1.165) is 25.7 Å². The maximum atomic E-state index is 2.47. The van der Waals surface area contributed by atoms with E-state index in [0.29, 0.717) is 0 Å². The van der Waals surface area contributed by atoms with Crippen molar-refractivity contribution in [2.75, 3.05) is 4.90 Å². The highest BCUT2D eigenvalue weighted by molar-refractivity contribution is 5.84. The minimum atomic E-state index is -0.00409. The number of hydrogen-bond acceptors (Lipinski definition) is 1. The Morgan fingerprint density at radius 3 is 2.23 bits per heavy atom. The highest BCUT2D eigenvalue weighted by Gasteiger charge is 2.35. The lowest BCUT2D eigenvalue weighted by Gasteiger charge is -2.31. The summed E-state index contributed by atoms with van der Waals surface area (Å²) in [7, 11) is 0. The van der Waals surface area contributed by atoms with Crippen molar-refractivity contribution in [1.82, 2.24) is 0 Å². The molecule has 0 radical (unpaired) electrons. The Morgan fingerprint density at radius 2 is 1.49 bits per heavy atom. The fraction of sp³-hybridized carbons (Fsp3) is 0.235. The van der Waals surface area contributed by atoms with E-state index in [9.17, 15) is 0 Å². The summed E-state index contributed by atoms with van der Waals surface area (Å²) in [6.45, 7) is 6.95. The van der Waals surface area contributed by atoms with Gasteiger partial charge in [0.2, 0.25) is 0 Å². The Hall–Kier alpha value is -3.58. The van der Waals surface area contributed by atoms with Crippen LogP contribution in [0.3, 0.4) is 0 Å². The zero-order valence-electron chi connectivity index (χ0n) is 21.0. The predicted molar refractivity (Wildman–Crippen MR) is 150 cm³/mol. The molecule has 0 amide bonds. The molecule has 0 saturated carbocycles. The molecule has 6 rings (SSSR count). The van der Waals surface area contributed by atoms with Gasteiger partial charge in [0.25, 0.3) is 0 Å². The van der Waals surface area contributed by atoms with Gasteiger partial charge >= 0.3 is 0 Å². The number of benzene rings is 3. The molecule has 3 aromatic rings. The van der Waals surface area contributed by atoms with Gasteiger partial charge in [0.15, 0.2) is 0 Å². The molecule has 0 N–H and O–H groups in total. The largest absolute Gasteiger partial charge is 0.314 e. The van der Waals surface area contributed by atoms with Gasteiger partial charge in [0.05, 0.1) is 0 Å². The van der Waals surface area contributed by atoms with Gasteiger partial charge in [-0.25, -0.2) is 0 Å². The van der Waals surface area contributed by atoms with E-state index in [1.807, 2.05) is 0 Å². The zero-order chi connectivity index (χ0) is 24.0. The van der Waals surface area contributed by atoms with Crippen molar-refractivity contribution >= 4 is 16.9 Å². The maximum Gasteiger partial charge on any atom is 0.0461 e. The molecular formula is C34H33N. The summed E-state index contributed by atoms with van der Waals surface area (Å²) in [5, 5.41) is 0. The van der Waals surface area contributed by atoms with Gasteiger partial charge in [-0.1, -0.05) is 86.2 Å². The van der Waals surface area contributed by atoms with Crippen LogP contribution in [0.25, 0.3) is 16.7 Å². The molecule has 3 aromatic carbocycles. The van der Waals surface area contributed by atoms with Crippen molar-refractivity contribution in [3.8, 4) is 11.1 Å². The van der Waals surface area contributed by atoms with Crippen molar-refractivity contribution in [3.05, 3.63) is 125 Å². The van der Waals surface area contributed by atoms with Crippen LogP contribution in [0.4, 0.5) is 11.4 Å². The lowest BCUT2D eigenvalue weighted by molar-refractivity contribution is 0.660. The van der Waals surface area contributed by atoms with Crippen molar-refractivity contribution in [2.45, 2.75) is 51.9 Å². The van der Waals surface area contributed by atoms with Crippen LogP contribution in [0.1, 0.15) is 63.1 Å². The summed E-state index contributed by atoms with van der Waals surface area (Å²) < 4.78 is 0. The number of anilines is 2. The van der Waals surface area contributed by atoms with Gasteiger partial charge in [-0.2, -0.15) is 0 Å². The van der Waals surface area contributed by atoms with Crippen LogP contribution in [0.2, 0.25) is 0 Å². The van der Waals surface area contributed by atoms with E-state index in [2.05, 4.69) is 123 Å². The standard InChI is InChI=1S/C34H33N/c1-24-13-17-27(18-14-24)35(28-19-15-26(16-20-28)25-9-5-4-6-10-25)29-21-22-31-30-11-7-8-12-32(30)34(2,3)33(31)23-29/h4-5,7-9,11-13,15-17,19-23H,6,10,14,18H2,1-3H3. The first-order chi connectivity index (χ1) is 17.0. The van der Waals surface area contributed by atoms with Crippen molar-refractivity contribution < 1.29 is 0 Å². The molecule has 0 saturated heterocycles. The van der Waals surface area contributed by atoms with Gasteiger partial charge in [-0.3, -0.25) is 0 Å². The van der Waals surface area contributed by atoms with Gasteiger partial charge in [-0.15, -0.1) is 0 Å². The molecule has 0 atom stereocenters. The Balaban J connectivity index is 1.45. The number of fused-ring (bicyclic) bond motifs is 3. The smallest absolute Gasteiger partial charge is 0.0461 e. The van der Waals surface area contributed by atoms with E-state index in [1.165, 1.54) is 56.0 Å². The maximum absolute atomic E-state index is 2.47. The van der Waals surface area contributed by atoms with E-state index in [4.69, 9.17) is 0 Å². The van der Waals surface area contributed by atoms with Gasteiger partial charge < -0.3 is 4.90 Å². The van der Waals surface area contributed by atoms with E-state index in [-0.39, 0.29) is 5.41 Å². The monoisotopic (exact) mass is 455 g/mol. The summed E-state index contributed by atoms with van der Waals surface area (Å²) in [5.74, 6) is 0. The molecular weight excluding hydrogens is 422 g/mol. The minimum absolute atomic E-state index is 0.00409. The molecule has 0 unspecified atom stereocenters. The molecule has 174 valence electrons. The molecule has 3 aliphatic rings. The minimum Gasteiger partial charge on any atom is -0.314 e. The molecule has 35 heavy (non-hydrogen) atoms. The number of nitrogens with zero attached hydrogens (tertiary/aromatic N) is 1. The molecule has 0 aliphatic heterocycles. The fourth-order valence-corrected chi connectivity index (χ4v) is 5.90. The predicted octanol–water partition coefficient (Wildman–Crippen LogP) is 9.49. The summed E-state index contributed by atoms with van der Waals surface area (Å²) in [6.07, 6.45) is 15.7. The first-order valence-electron chi connectivity index (χ1n) is 12.9. The molecule has 0 aromatic heterocycles. The lowest BCUT2D eigenvalue weighted by atomic mass is 9.82. The van der Waals surface area contributed by atoms with Gasteiger partial charge in [0, 0.05) is 22.5 Å². The Kier molecular flexibility index (Phi) is 5.37. The average molecular weight is 456 g/mol. The number of hydrogen-bond donors (Lipinski definition) is 0. The van der Waals surface area contributed by atoms with E-state index in [1.54, 1.807) is 0 Å². The second kappa shape index (κ2) is 8.57. The van der Waals surface area contributed by atoms with Crippen LogP contribution >= 0.6 is 0 Å². The van der Waals surface area contributed by atoms with Crippen molar-refractivity contribution in [3.63, 3.8) is 0 Å². The normalized spacial score (nSPS) is 17.7. The first kappa shape index (κ1) is 21.9. The van der Waals surface area contributed by atoms with Gasteiger partial charge in [0.1, 0.15) is 0 Å². The van der Waals surface area contributed by atoms with Crippen LogP contribution < -0.4 is 4.90 Å². The second-order valence-electron chi connectivity index (χ2n) is 10.6. The Morgan fingerprint density at radius 1 is 0.714 bits per heavy atom. The van der Waals surface area contributed by atoms with Crippen LogP contribution in [-0.4, -0.2) is 0 Å². The lowest BCUT2D eigenvalue weighted by Crippen LogP contribution is -2.20. The number of rotatable bonds is 4. The van der Waals surface area contributed by atoms with E-state index < -0.39 is 0 Å². The van der Waals surface area contributed by atoms with Crippen molar-refractivity contribution in [1.29, 1.82) is 0 Å². The molecule has 1 nitrogen and oxygen atoms in total. The second-order valence-corrected chi connectivity index (χ2v) is 10.6. The summed E-state index contributed by atoms with van der Waals surface area (Å²) in [6, 6.07) is 25.2. The summed E-state index contributed by atoms with van der Waals surface area (Å²) >= 11 is 0. The fourth-order valence-electron chi connectivity index (χ4n) is 5.90. The highest BCUT2D eigenvalue weighted by Crippen LogP contribution is 2.50. The third-order valence-corrected chi connectivity index (χ3v) is 7.96. The Bertz CT molecular complexity index is 1410. The first-order valence-corrected chi connectivity index (χ1v) is 12.9. The van der Waals surface area contributed by atoms with Crippen LogP contribution in [-0.2, 0) is 5.41 Å². The molecule has 0 bridgehead atoms. The third-order valence-electron chi connectivity index (χ3n) is 7.96. The third kappa shape index (κ3) is 3.80. The molecule has 3 aliphatic carbocycles. The SMILES string of the molecule is CC1=CC=C(N(c2ccc(C3=CC=CCC3)cc2)c2ccc3c(c2)C(C)(C)c2ccccc2-3)CC1. The average Bonchev–Trinajstić information content (AvgIpc) is 3.13. The summed E-state index contributed by atoms with van der Waals surface area (Å²) in [5.41, 5.74) is 13.6. The van der Waals surface area contributed by atoms with Crippen LogP contribution in [0.15, 0.2) is 108 Å². The van der Waals surface area contributed by atoms with Crippen LogP contribution in [0, 0.1) is 0 Å². The highest BCUT2D eigenvalue weighted by atomic mass is 15.1. The molecule has 0 heterocycles. The van der Waals surface area contributed by atoms with Crippen molar-refractivity contribution in [2.24, 2.45) is 0 Å².